The smallest absolute Gasteiger partial charge is 0.303 e. The predicted octanol–water partition coefficient (Wildman–Crippen LogP) is -11.9. The van der Waals surface area contributed by atoms with Gasteiger partial charge in [-0.3, -0.25) is 91.2 Å². The summed E-state index contributed by atoms with van der Waals surface area (Å²) in [6.07, 6.45) is -1.16. The lowest BCUT2D eigenvalue weighted by Crippen LogP contribution is -2.60. The van der Waals surface area contributed by atoms with E-state index in [0.717, 1.165) is 4.90 Å². The summed E-state index contributed by atoms with van der Waals surface area (Å²) in [7, 11) is 0. The molecule has 13 atom stereocenters. The highest BCUT2D eigenvalue weighted by Gasteiger charge is 2.42. The Balaban J connectivity index is 2.35. The second-order valence-corrected chi connectivity index (χ2v) is 28.1. The van der Waals surface area contributed by atoms with Crippen LogP contribution in [0.25, 0.3) is 0 Å². The Labute approximate surface area is 665 Å². The van der Waals surface area contributed by atoms with Crippen molar-refractivity contribution >= 4 is 100 Å². The molecule has 0 aromatic carbocycles. The lowest BCUT2D eigenvalue weighted by atomic mass is 10.0. The van der Waals surface area contributed by atoms with Gasteiger partial charge in [0.1, 0.15) is 91.8 Å². The van der Waals surface area contributed by atoms with Crippen molar-refractivity contribution in [1.82, 2.24) is 84.2 Å². The van der Waals surface area contributed by atoms with Crippen LogP contribution < -0.4 is 109 Å². The molecule has 0 saturated carbocycles. The molecular formula is C69H122N22O24. The number of amides is 16. The highest BCUT2D eigenvalue weighted by molar-refractivity contribution is 6.00. The molecule has 46 nitrogen and oxygen atoms in total. The summed E-state index contributed by atoms with van der Waals surface area (Å²) in [6, 6.07) is -19.0. The molecule has 0 aromatic heterocycles. The van der Waals surface area contributed by atoms with E-state index < -0.39 is 238 Å². The zero-order valence-electron chi connectivity index (χ0n) is 64.9. The highest BCUT2D eigenvalue weighted by atomic mass is 16.6. The Hall–Kier alpha value is -9.49. The van der Waals surface area contributed by atoms with Crippen LogP contribution in [0.3, 0.4) is 0 Å². The number of aliphatic hydroxyl groups is 4. The first-order valence-corrected chi connectivity index (χ1v) is 38.9. The van der Waals surface area contributed by atoms with Crippen LogP contribution in [0.1, 0.15) is 154 Å². The minimum Gasteiger partial charge on any atom is -0.481 e. The van der Waals surface area contributed by atoms with E-state index in [0.29, 0.717) is 0 Å². The van der Waals surface area contributed by atoms with E-state index in [1.54, 1.807) is 0 Å². The van der Waals surface area contributed by atoms with Crippen LogP contribution in [0.15, 0.2) is 0 Å². The fourth-order valence-electron chi connectivity index (χ4n) is 12.5. The van der Waals surface area contributed by atoms with Crippen molar-refractivity contribution in [1.29, 1.82) is 0 Å². The molecule has 16 amide bonds. The number of carbonyl (C=O) groups is 17. The molecular weight excluding hydrogens is 1520 g/mol. The van der Waals surface area contributed by atoms with E-state index in [9.17, 15) is 83.1 Å². The van der Waals surface area contributed by atoms with Gasteiger partial charge in [-0.15, -0.1) is 0 Å². The third-order valence-corrected chi connectivity index (χ3v) is 19.1. The third kappa shape index (κ3) is 37.8. The lowest BCUT2D eigenvalue weighted by Gasteiger charge is -2.31. The van der Waals surface area contributed by atoms with E-state index in [2.05, 4.69) is 84.1 Å². The second-order valence-electron chi connectivity index (χ2n) is 28.1. The summed E-state index contributed by atoms with van der Waals surface area (Å²) in [4.78, 5) is 246. The highest BCUT2D eigenvalue weighted by Crippen LogP contribution is 2.23. The number of fused-ring (bicyclic) bond motifs is 2. The second kappa shape index (κ2) is 55.9. The fourth-order valence-corrected chi connectivity index (χ4v) is 12.5. The van der Waals surface area contributed by atoms with Gasteiger partial charge in [0.25, 0.3) is 0 Å². The van der Waals surface area contributed by atoms with Gasteiger partial charge >= 0.3 is 5.97 Å². The minimum absolute atomic E-state index is 0.00353. The van der Waals surface area contributed by atoms with Crippen LogP contribution in [0, 0.1) is 0 Å². The average molecular weight is 1640 g/mol. The third-order valence-electron chi connectivity index (χ3n) is 19.1. The van der Waals surface area contributed by atoms with Gasteiger partial charge < -0.3 is 133 Å². The summed E-state index contributed by atoms with van der Waals surface area (Å²) in [6.45, 7) is -4.87. The molecule has 0 radical (unpaired) electrons. The Bertz CT molecular complexity index is 3180. The summed E-state index contributed by atoms with van der Waals surface area (Å²) >= 11 is 0. The maximum Gasteiger partial charge on any atom is 0.303 e. The molecule has 3 aliphatic rings. The summed E-state index contributed by atoms with van der Waals surface area (Å²) in [5, 5.41) is 84.1. The van der Waals surface area contributed by atoms with Crippen molar-refractivity contribution in [3.05, 3.63) is 0 Å². The van der Waals surface area contributed by atoms with Crippen LogP contribution in [0.5, 0.6) is 0 Å². The molecule has 3 rings (SSSR count). The zero-order chi connectivity index (χ0) is 85.4. The molecule has 3 saturated heterocycles. The molecule has 3 fully saturated rings. The van der Waals surface area contributed by atoms with Crippen molar-refractivity contribution in [3.63, 3.8) is 0 Å². The van der Waals surface area contributed by atoms with Crippen LogP contribution in [-0.4, -0.2) is 313 Å². The van der Waals surface area contributed by atoms with Gasteiger partial charge in [-0.25, -0.2) is 11.8 Å². The Morgan fingerprint density at radius 2 is 0.643 bits per heavy atom. The number of aliphatic carboxylic acids is 1. The minimum atomic E-state index is -1.79. The normalized spacial score (nSPS) is 22.3. The van der Waals surface area contributed by atoms with E-state index in [4.69, 9.17) is 34.7 Å². The Morgan fingerprint density at radius 3 is 0.948 bits per heavy atom. The number of unbranched alkanes of at least 4 members (excludes halogenated alkanes) is 6. The monoisotopic (exact) mass is 1640 g/mol. The van der Waals surface area contributed by atoms with Crippen molar-refractivity contribution in [2.75, 3.05) is 98.5 Å². The molecule has 0 aromatic rings. The zero-order valence-corrected chi connectivity index (χ0v) is 64.9. The topological polar surface area (TPSA) is 741 Å². The molecule has 46 heteroatoms. The number of carboxylic acids is 1. The molecule has 31 N–H and O–H groups in total. The number of nitrogens with two attached hydrogens (primary N) is 6. The van der Waals surface area contributed by atoms with Crippen molar-refractivity contribution in [2.45, 2.75) is 233 Å². The molecule has 0 spiro atoms. The van der Waals surface area contributed by atoms with E-state index in [1.165, 1.54) is 4.90 Å². The summed E-state index contributed by atoms with van der Waals surface area (Å²) in [5.74, 6) is -4.93. The number of nitrogens with zero attached hydrogens (tertiary/aromatic N) is 2. The number of hydrogen-bond donors (Lipinski definition) is 25. The average Bonchev–Trinajstić information content (AvgIpc) is 1.73. The Morgan fingerprint density at radius 1 is 0.374 bits per heavy atom. The van der Waals surface area contributed by atoms with Crippen LogP contribution >= 0.6 is 0 Å². The number of nitrogens with one attached hydrogen (secondary N) is 14. The van der Waals surface area contributed by atoms with Gasteiger partial charge in [0, 0.05) is 58.8 Å². The van der Waals surface area contributed by atoms with Gasteiger partial charge in [0.2, 0.25) is 94.5 Å². The number of carbonyl (C=O) groups excluding carboxylic acids is 16. The fraction of sp³-hybridized carbons (Fsp3) is 0.754. The molecule has 0 aliphatic carbocycles. The van der Waals surface area contributed by atoms with E-state index >= 15 is 24.0 Å². The molecule has 0 unspecified atom stereocenters. The molecule has 0 bridgehead atoms. The van der Waals surface area contributed by atoms with Crippen molar-refractivity contribution in [3.8, 4) is 0 Å². The van der Waals surface area contributed by atoms with E-state index in [-0.39, 0.29) is 194 Å². The van der Waals surface area contributed by atoms with Gasteiger partial charge in [0.05, 0.1) is 33.0 Å². The van der Waals surface area contributed by atoms with Gasteiger partial charge in [-0.2, -0.15) is 0 Å². The van der Waals surface area contributed by atoms with Gasteiger partial charge in [0.15, 0.2) is 0 Å². The molecule has 3 aliphatic heterocycles. The van der Waals surface area contributed by atoms with Gasteiger partial charge in [-0.05, 0) is 148 Å². The standard InChI is InChI=1S/C69H122N22O24/c70-40(34-92)57(101)78-27-9-3-15-44-61(105)84-46(16-1-7-25-76-54(97)38-114-74)63(107)89-50(20-6-12-30-81-60(104)43(73)37-95)69(113)91-32-14-22-52(91)67(111)87-48(23-24-56(99)100)65(109)86-45(18-4-10-28-79-58(102)41(71)35-93)62(106)85-47(17-2-8-26-77-55(98)39-115-75)64(108)88-49(19-5-11-29-80-59(103)42(72)36-94)68(112)90-31-13-21-51(90)66(110)82-33-53(96)83-44/h40-52,92-95H,1-39,70-75H2,(H,76,97)(H,77,98)(H,78,101)(H,79,102)(H,80,103)(H,81,104)(H,82,110)(H,83,96)(H,84,105)(H,85,106)(H,86,109)(H,87,111)(H,88,108)(H,89,107)(H,99,100)/t40-,41-,42-,43-,44-,45-,46-,47-,48+,49-,50-,51-,52-/m0/s1. The predicted molar refractivity (Wildman–Crippen MR) is 405 cm³/mol. The van der Waals surface area contributed by atoms with Crippen LogP contribution in [0.2, 0.25) is 0 Å². The number of hydrogen-bond acceptors (Lipinski definition) is 29. The summed E-state index contributed by atoms with van der Waals surface area (Å²) < 4.78 is 0. The van der Waals surface area contributed by atoms with E-state index in [1.807, 2.05) is 0 Å². The first-order valence-electron chi connectivity index (χ1n) is 38.9. The molecule has 652 valence electrons. The largest absolute Gasteiger partial charge is 0.481 e. The van der Waals surface area contributed by atoms with Crippen LogP contribution in [0.4, 0.5) is 0 Å². The maximum atomic E-state index is 15.2. The lowest BCUT2D eigenvalue weighted by molar-refractivity contribution is -0.143. The Kier molecular flexibility index (Phi) is 48.5. The number of aliphatic hydroxyl groups excluding tert-OH is 4. The van der Waals surface area contributed by atoms with Crippen molar-refractivity contribution < 1.29 is 117 Å². The SMILES string of the molecule is NOCC(=O)NCCCC[C@@H]1NC(=O)[C@H](CCCCNC(=O)[C@@H](N)CO)NC(=O)[C@@H](CCC(=O)O)NC(=O)[C@@H]2CCCN2C(=O)[C@H](CCCCNC(=O)[C@@H](N)CO)NC(=O)[C@H](CCCCNC(=O)CON)NC(=O)[C@H](CCCCNC(=O)[C@@H](N)CO)NC(=O)CNC(=O)[C@@H]2CCCN2C(=O)[C@H](CCCCNC(=O)[C@@H](N)CO)NC1=O. The summed E-state index contributed by atoms with van der Waals surface area (Å²) in [5.41, 5.74) is 22.7. The first-order chi connectivity index (χ1) is 54.9. The maximum absolute atomic E-state index is 15.2. The molecule has 3 heterocycles. The number of carboxylic acid groups (broad SMARTS) is 1. The number of rotatable bonds is 45. The van der Waals surface area contributed by atoms with Crippen LogP contribution in [-0.2, 0) is 91.2 Å². The van der Waals surface area contributed by atoms with Crippen molar-refractivity contribution in [2.24, 2.45) is 34.7 Å². The van der Waals surface area contributed by atoms with Gasteiger partial charge in [-0.1, -0.05) is 0 Å². The molecule has 115 heavy (non-hydrogen) atoms. The first kappa shape index (κ1) is 99.7. The quantitative estimate of drug-likeness (QED) is 0.0199.